The predicted molar refractivity (Wildman–Crippen MR) is 62.4 cm³/mol. The van der Waals surface area contributed by atoms with Gasteiger partial charge in [-0.05, 0) is 48.7 Å². The molecule has 84 valence electrons. The molecule has 3 nitrogen and oxygen atoms in total. The van der Waals surface area contributed by atoms with E-state index in [4.69, 9.17) is 0 Å². The lowest BCUT2D eigenvalue weighted by Gasteiger charge is -2.06. The van der Waals surface area contributed by atoms with Crippen molar-refractivity contribution in [1.82, 2.24) is 0 Å². The summed E-state index contributed by atoms with van der Waals surface area (Å²) in [5, 5.41) is 0. The van der Waals surface area contributed by atoms with Gasteiger partial charge in [0.1, 0.15) is 6.29 Å². The predicted octanol–water partition coefficient (Wildman–Crippen LogP) is 2.30. The second-order valence-electron chi connectivity index (χ2n) is 3.54. The molecule has 0 spiro atoms. The topological polar surface area (TPSA) is 43.4 Å². The van der Waals surface area contributed by atoms with Crippen LogP contribution >= 0.6 is 0 Å². The zero-order valence-corrected chi connectivity index (χ0v) is 9.61. The Balaban J connectivity index is 3.10. The van der Waals surface area contributed by atoms with Crippen LogP contribution in [0.1, 0.15) is 27.0 Å². The van der Waals surface area contributed by atoms with Crippen molar-refractivity contribution in [2.75, 3.05) is 7.11 Å². The van der Waals surface area contributed by atoms with E-state index in [9.17, 15) is 9.59 Å². The zero-order chi connectivity index (χ0) is 12.1. The Morgan fingerprint density at radius 1 is 1.25 bits per heavy atom. The van der Waals surface area contributed by atoms with Gasteiger partial charge in [-0.25, -0.2) is 4.79 Å². The summed E-state index contributed by atoms with van der Waals surface area (Å²) >= 11 is 0. The van der Waals surface area contributed by atoms with Crippen molar-refractivity contribution in [3.8, 4) is 0 Å². The van der Waals surface area contributed by atoms with Gasteiger partial charge >= 0.3 is 5.97 Å². The van der Waals surface area contributed by atoms with Crippen molar-refractivity contribution in [1.29, 1.82) is 0 Å². The number of esters is 1. The number of carbonyl (C=O) groups excluding carboxylic acids is 2. The standard InChI is InChI=1S/C13H14O3/c1-9-6-11(8-14)7-10(2)12(9)4-5-13(15)16-3/h4-8H,1-3H3. The molecule has 0 radical (unpaired) electrons. The van der Waals surface area contributed by atoms with Gasteiger partial charge in [-0.3, -0.25) is 4.79 Å². The SMILES string of the molecule is COC(=O)C=Cc1c(C)cc(C=O)cc1C. The van der Waals surface area contributed by atoms with Crippen molar-refractivity contribution in [2.24, 2.45) is 0 Å². The molecule has 0 amide bonds. The Kier molecular flexibility index (Phi) is 4.00. The number of methoxy groups -OCH3 is 1. The van der Waals surface area contributed by atoms with Gasteiger partial charge in [0.25, 0.3) is 0 Å². The molecule has 1 aromatic rings. The van der Waals surface area contributed by atoms with Crippen LogP contribution in [0.25, 0.3) is 6.08 Å². The van der Waals surface area contributed by atoms with E-state index in [0.717, 1.165) is 23.0 Å². The van der Waals surface area contributed by atoms with Crippen molar-refractivity contribution >= 4 is 18.3 Å². The van der Waals surface area contributed by atoms with Crippen LogP contribution in [0.3, 0.4) is 0 Å². The Bertz CT molecular complexity index is 421. The number of hydrogen-bond donors (Lipinski definition) is 0. The van der Waals surface area contributed by atoms with Gasteiger partial charge in [0.05, 0.1) is 7.11 Å². The van der Waals surface area contributed by atoms with E-state index in [0.29, 0.717) is 5.56 Å². The van der Waals surface area contributed by atoms with Crippen LogP contribution in [0, 0.1) is 13.8 Å². The molecule has 0 bridgehead atoms. The fourth-order valence-electron chi connectivity index (χ4n) is 1.56. The minimum atomic E-state index is -0.390. The number of ether oxygens (including phenoxy) is 1. The molecule has 0 saturated carbocycles. The van der Waals surface area contributed by atoms with E-state index in [-0.39, 0.29) is 0 Å². The highest BCUT2D eigenvalue weighted by Crippen LogP contribution is 2.17. The lowest BCUT2D eigenvalue weighted by Crippen LogP contribution is -1.95. The highest BCUT2D eigenvalue weighted by Gasteiger charge is 2.02. The number of rotatable bonds is 3. The van der Waals surface area contributed by atoms with Crippen molar-refractivity contribution in [3.63, 3.8) is 0 Å². The maximum Gasteiger partial charge on any atom is 0.330 e. The molecule has 0 unspecified atom stereocenters. The second-order valence-corrected chi connectivity index (χ2v) is 3.54. The normalized spacial score (nSPS) is 10.4. The summed E-state index contributed by atoms with van der Waals surface area (Å²) in [4.78, 5) is 21.6. The van der Waals surface area contributed by atoms with Gasteiger partial charge in [-0.1, -0.05) is 0 Å². The summed E-state index contributed by atoms with van der Waals surface area (Å²) in [5.74, 6) is -0.390. The number of aldehydes is 1. The fourth-order valence-corrected chi connectivity index (χ4v) is 1.56. The fraction of sp³-hybridized carbons (Fsp3) is 0.231. The van der Waals surface area contributed by atoms with Gasteiger partial charge < -0.3 is 4.74 Å². The molecule has 0 aromatic heterocycles. The summed E-state index contributed by atoms with van der Waals surface area (Å²) in [7, 11) is 1.34. The number of carbonyl (C=O) groups is 2. The summed E-state index contributed by atoms with van der Waals surface area (Å²) in [6.45, 7) is 3.80. The number of hydrogen-bond acceptors (Lipinski definition) is 3. The largest absolute Gasteiger partial charge is 0.466 e. The first-order chi connectivity index (χ1) is 7.58. The number of aryl methyl sites for hydroxylation is 2. The third-order valence-corrected chi connectivity index (χ3v) is 2.34. The van der Waals surface area contributed by atoms with Gasteiger partial charge in [0, 0.05) is 11.6 Å². The second kappa shape index (κ2) is 5.26. The molecule has 0 fully saturated rings. The van der Waals surface area contributed by atoms with E-state index in [1.165, 1.54) is 13.2 Å². The molecule has 0 atom stereocenters. The van der Waals surface area contributed by atoms with Crippen molar-refractivity contribution in [2.45, 2.75) is 13.8 Å². The molecule has 0 heterocycles. The first kappa shape index (κ1) is 12.2. The van der Waals surface area contributed by atoms with E-state index in [1.807, 2.05) is 13.8 Å². The van der Waals surface area contributed by atoms with Crippen LogP contribution in [0.15, 0.2) is 18.2 Å². The molecule has 1 rings (SSSR count). The van der Waals surface area contributed by atoms with Gasteiger partial charge in [-0.15, -0.1) is 0 Å². The third-order valence-electron chi connectivity index (χ3n) is 2.34. The summed E-state index contributed by atoms with van der Waals surface area (Å²) in [5.41, 5.74) is 3.51. The Morgan fingerprint density at radius 2 is 1.81 bits per heavy atom. The first-order valence-corrected chi connectivity index (χ1v) is 4.91. The molecule has 0 aliphatic heterocycles. The van der Waals surface area contributed by atoms with Crippen molar-refractivity contribution < 1.29 is 14.3 Å². The summed E-state index contributed by atoms with van der Waals surface area (Å²) < 4.78 is 4.51. The minimum Gasteiger partial charge on any atom is -0.466 e. The van der Waals surface area contributed by atoms with Crippen LogP contribution in [-0.4, -0.2) is 19.4 Å². The van der Waals surface area contributed by atoms with E-state index >= 15 is 0 Å². The molecule has 0 aliphatic carbocycles. The Labute approximate surface area is 94.7 Å². The van der Waals surface area contributed by atoms with Gasteiger partial charge in [0.15, 0.2) is 0 Å². The maximum absolute atomic E-state index is 11.0. The summed E-state index contributed by atoms with van der Waals surface area (Å²) in [6.07, 6.45) is 3.88. The van der Waals surface area contributed by atoms with E-state index in [2.05, 4.69) is 4.74 Å². The molecule has 16 heavy (non-hydrogen) atoms. The average molecular weight is 218 g/mol. The molecule has 0 N–H and O–H groups in total. The summed E-state index contributed by atoms with van der Waals surface area (Å²) in [6, 6.07) is 3.58. The Hall–Kier alpha value is -1.90. The van der Waals surface area contributed by atoms with E-state index < -0.39 is 5.97 Å². The molecule has 0 aliphatic rings. The van der Waals surface area contributed by atoms with E-state index in [1.54, 1.807) is 18.2 Å². The molecule has 0 saturated heterocycles. The monoisotopic (exact) mass is 218 g/mol. The lowest BCUT2D eigenvalue weighted by atomic mass is 9.99. The smallest absolute Gasteiger partial charge is 0.330 e. The molecule has 3 heteroatoms. The highest BCUT2D eigenvalue weighted by atomic mass is 16.5. The van der Waals surface area contributed by atoms with Gasteiger partial charge in [-0.2, -0.15) is 0 Å². The quantitative estimate of drug-likeness (QED) is 0.444. The maximum atomic E-state index is 11.0. The third kappa shape index (κ3) is 2.79. The zero-order valence-electron chi connectivity index (χ0n) is 9.61. The van der Waals surface area contributed by atoms with Crippen LogP contribution < -0.4 is 0 Å². The minimum absolute atomic E-state index is 0.390. The first-order valence-electron chi connectivity index (χ1n) is 4.91. The molecular formula is C13H14O3. The van der Waals surface area contributed by atoms with Crippen LogP contribution in [0.4, 0.5) is 0 Å². The molecule has 1 aromatic carbocycles. The Morgan fingerprint density at radius 3 is 2.25 bits per heavy atom. The van der Waals surface area contributed by atoms with Crippen LogP contribution in [-0.2, 0) is 9.53 Å². The van der Waals surface area contributed by atoms with Crippen LogP contribution in [0.5, 0.6) is 0 Å². The average Bonchev–Trinajstić information content (AvgIpc) is 2.27. The molecular weight excluding hydrogens is 204 g/mol. The highest BCUT2D eigenvalue weighted by molar-refractivity contribution is 5.88. The van der Waals surface area contributed by atoms with Crippen molar-refractivity contribution in [3.05, 3.63) is 40.5 Å². The van der Waals surface area contributed by atoms with Gasteiger partial charge in [0.2, 0.25) is 0 Å². The lowest BCUT2D eigenvalue weighted by molar-refractivity contribution is -0.134. The number of benzene rings is 1. The van der Waals surface area contributed by atoms with Crippen LogP contribution in [0.2, 0.25) is 0 Å².